The Morgan fingerprint density at radius 2 is 0.444 bits per heavy atom. The van der Waals surface area contributed by atoms with E-state index in [0.717, 1.165) is 130 Å². The molecule has 124 heavy (non-hydrogen) atoms. The third kappa shape index (κ3) is 36.6. The standard InChI is InChI=1S/5C17H11N.C12H10N.C6H6O.CHNO.CNO.CHNS.5Ni/c5*1-2-7-14(8-3-1)15-9-6-10-16(13-15)17-11-4-5-12-18-17;1-3-7-11(8-4-1)13-12-9-5-2-6-10-12;7-6-4-2-1-3-5-6;3*2-1-3;;;;;/h5*1-7,9-12H;1-10H;1-5,7H;3H;;3H;;;;;/q5*-2;-1;;;-1;;2*+2;3*+3/p-1. The van der Waals surface area contributed by atoms with Crippen LogP contribution >= 0.6 is 0 Å². The molecular formula is C106H72N9Ni5O3S. The number of carbonyl (C=O) groups excluding carboxylic acids is 1. The number of aromatic nitrogens is 5. The van der Waals surface area contributed by atoms with E-state index in [9.17, 15) is 0 Å². The number of aromatic hydroxyl groups is 1. The van der Waals surface area contributed by atoms with Crippen LogP contribution in [-0.2, 0) is 99.9 Å². The van der Waals surface area contributed by atoms with Gasteiger partial charge in [-0.2, -0.15) is 215 Å². The molecule has 18 aromatic rings. The van der Waals surface area contributed by atoms with Crippen LogP contribution in [0.25, 0.3) is 123 Å². The number of hydrogen-bond donors (Lipinski definition) is 2. The first-order chi connectivity index (χ1) is 58.7. The van der Waals surface area contributed by atoms with Crippen LogP contribution in [0.2, 0.25) is 0 Å². The van der Waals surface area contributed by atoms with Crippen molar-refractivity contribution in [2.45, 2.75) is 0 Å². The van der Waals surface area contributed by atoms with Crippen LogP contribution in [0.1, 0.15) is 0 Å². The average Bonchev–Trinajstić information content (AvgIpc) is 0.858. The smallest absolute Gasteiger partial charge is 0.724 e. The quantitative estimate of drug-likeness (QED) is 0.0294. The zero-order valence-corrected chi connectivity index (χ0v) is 71.5. The molecule has 0 aliphatic heterocycles. The summed E-state index contributed by atoms with van der Waals surface area (Å²) in [5, 5.41) is 42.1. The zero-order chi connectivity index (χ0) is 83.2. The number of phenolic OH excluding ortho intramolecular Hbond substituents is 1. The molecule has 0 spiro atoms. The van der Waals surface area contributed by atoms with Gasteiger partial charge in [-0.1, -0.05) is 145 Å². The summed E-state index contributed by atoms with van der Waals surface area (Å²) in [6.07, 6.45) is 10.2. The normalized spacial score (nSPS) is 9.08. The molecule has 5 aromatic heterocycles. The van der Waals surface area contributed by atoms with E-state index in [-0.39, 0.29) is 82.5 Å². The van der Waals surface area contributed by atoms with E-state index in [1.165, 1.54) is 5.40 Å². The van der Waals surface area contributed by atoms with Crippen molar-refractivity contribution in [1.29, 1.82) is 10.5 Å². The summed E-state index contributed by atoms with van der Waals surface area (Å²) in [5.41, 5.74) is 22.2. The van der Waals surface area contributed by atoms with Crippen LogP contribution in [0, 0.1) is 82.8 Å². The minimum atomic E-state index is 0. The van der Waals surface area contributed by atoms with Crippen LogP contribution in [0.5, 0.6) is 5.75 Å². The molecule has 12 nitrogen and oxygen atoms in total. The van der Waals surface area contributed by atoms with E-state index >= 15 is 0 Å². The zero-order valence-electron chi connectivity index (χ0n) is 65.7. The second kappa shape index (κ2) is 61.4. The molecule has 0 unspecified atom stereocenters. The molecule has 0 bridgehead atoms. The Kier molecular flexibility index (Phi) is 50.7. The minimum Gasteiger partial charge on any atom is -0.724 e. The summed E-state index contributed by atoms with van der Waals surface area (Å²) in [5.74, 6) is 0.322. The van der Waals surface area contributed by atoms with Gasteiger partial charge in [0.2, 0.25) is 0 Å². The molecule has 0 aliphatic carbocycles. The second-order valence-corrected chi connectivity index (χ2v) is 24.4. The van der Waals surface area contributed by atoms with Crippen molar-refractivity contribution in [1.82, 2.24) is 24.9 Å². The van der Waals surface area contributed by atoms with Crippen molar-refractivity contribution in [3.8, 4) is 129 Å². The van der Waals surface area contributed by atoms with Crippen LogP contribution < -0.4 is 0 Å². The Morgan fingerprint density at radius 1 is 0.274 bits per heavy atom. The molecule has 5 heterocycles. The van der Waals surface area contributed by atoms with Crippen LogP contribution in [-0.4, -0.2) is 41.2 Å². The predicted molar refractivity (Wildman–Crippen MR) is 477 cm³/mol. The molecule has 0 amide bonds. The van der Waals surface area contributed by atoms with Gasteiger partial charge < -0.3 is 33.6 Å². The number of nitriles is 2. The third-order valence-electron chi connectivity index (χ3n) is 16.2. The van der Waals surface area contributed by atoms with Gasteiger partial charge >= 0.3 is 82.5 Å². The van der Waals surface area contributed by atoms with E-state index in [4.69, 9.17) is 30.9 Å². The molecule has 18 rings (SSSR count). The number of benzene rings is 13. The first-order valence-corrected chi connectivity index (χ1v) is 37.3. The largest absolute Gasteiger partial charge is 3.00 e. The van der Waals surface area contributed by atoms with E-state index in [2.05, 4.69) is 104 Å². The first kappa shape index (κ1) is 102. The van der Waals surface area contributed by atoms with E-state index < -0.39 is 0 Å². The average molecular weight is 1850 g/mol. The summed E-state index contributed by atoms with van der Waals surface area (Å²) in [4.78, 5) is 29.9. The van der Waals surface area contributed by atoms with Gasteiger partial charge in [-0.15, -0.1) is 130 Å². The van der Waals surface area contributed by atoms with Gasteiger partial charge in [-0.25, -0.2) is 33.1 Å². The molecular weight excluding hydrogens is 1770 g/mol. The van der Waals surface area contributed by atoms with E-state index in [1.54, 1.807) is 55.2 Å². The summed E-state index contributed by atoms with van der Waals surface area (Å²) in [7, 11) is 0. The summed E-state index contributed by atoms with van der Waals surface area (Å²) < 4.78 is 0. The molecule has 0 atom stereocenters. The van der Waals surface area contributed by atoms with Gasteiger partial charge in [0.15, 0.2) is 0 Å². The van der Waals surface area contributed by atoms with Crippen molar-refractivity contribution in [2.24, 2.45) is 0 Å². The van der Waals surface area contributed by atoms with Crippen molar-refractivity contribution in [3.63, 3.8) is 0 Å². The van der Waals surface area contributed by atoms with Gasteiger partial charge in [0.25, 0.3) is 6.26 Å². The number of nitrogens with zero attached hydrogens (tertiary/aromatic N) is 9. The number of thiocyanates is 1. The number of aliphatic hydroxyl groups is 1. The summed E-state index contributed by atoms with van der Waals surface area (Å²) in [6.45, 7) is 0. The van der Waals surface area contributed by atoms with Gasteiger partial charge in [0.1, 0.15) is 5.75 Å². The number of pyridine rings is 5. The van der Waals surface area contributed by atoms with Gasteiger partial charge in [0, 0.05) is 59.5 Å². The van der Waals surface area contributed by atoms with Crippen molar-refractivity contribution in [3.05, 3.63) is 497 Å². The number of phenols is 1. The third-order valence-corrected chi connectivity index (χ3v) is 16.2. The van der Waals surface area contributed by atoms with Crippen molar-refractivity contribution in [2.75, 3.05) is 0 Å². The fraction of sp³-hybridized carbons (Fsp3) is 0. The Morgan fingerprint density at radius 3 is 0.605 bits per heavy atom. The van der Waals surface area contributed by atoms with E-state index in [0.29, 0.717) is 11.8 Å². The predicted octanol–water partition coefficient (Wildman–Crippen LogP) is 25.2. The Labute approximate surface area is 782 Å². The molecule has 13 aromatic carbocycles. The summed E-state index contributed by atoms with van der Waals surface area (Å²) >= 11 is 3.70. The molecule has 0 fully saturated rings. The number of hydrogen-bond acceptors (Lipinski definition) is 11. The Bertz CT molecular complexity index is 4950. The van der Waals surface area contributed by atoms with Crippen molar-refractivity contribution < 1.29 is 97.5 Å². The maximum absolute atomic E-state index is 8.63. The Balaban J connectivity index is 0.000000299. The van der Waals surface area contributed by atoms with Gasteiger partial charge in [-0.05, 0) is 48.5 Å². The Hall–Kier alpha value is -13.9. The molecule has 615 valence electrons. The van der Waals surface area contributed by atoms with Crippen molar-refractivity contribution >= 4 is 30.1 Å². The summed E-state index contributed by atoms with van der Waals surface area (Å²) in [6, 6.07) is 161. The number of aliphatic hydroxyl groups excluding tert-OH is 1. The van der Waals surface area contributed by atoms with Crippen LogP contribution in [0.4, 0.5) is 11.4 Å². The first-order valence-electron chi connectivity index (χ1n) is 36.9. The SMILES string of the molecule is N#CO.N#C[S-].Oc1ccccc1.[N-]=C=O.[Ni+2].[Ni+2].[Ni+3].[Ni+3].[Ni+3].[c-]1ccccc1-c1[c-]c(-c2ccccn2)ccc1.[c-]1ccccc1-c1[c-]c(-c2ccccn2)ccc1.[c-]1ccccc1-c1[c-]c(-c2ccccn2)ccc1.[c-]1ccccc1-c1[c-]c(-c2ccccn2)ccc1.[c-]1ccccc1-c1[c-]c(-c2ccccn2)ccc1.c1ccc([N-]c2ccccc2)cc1. The molecule has 0 saturated heterocycles. The molecule has 0 aliphatic rings. The molecule has 18 heteroatoms. The maximum atomic E-state index is 8.63. The van der Waals surface area contributed by atoms with Crippen LogP contribution in [0.15, 0.2) is 425 Å². The minimum absolute atomic E-state index is 0. The molecule has 2 N–H and O–H groups in total. The number of isocyanates is 1. The van der Waals surface area contributed by atoms with Crippen LogP contribution in [0.3, 0.4) is 0 Å². The number of rotatable bonds is 12. The fourth-order valence-electron chi connectivity index (χ4n) is 10.9. The second-order valence-electron chi connectivity index (χ2n) is 24.2. The maximum Gasteiger partial charge on any atom is 3.00 e. The monoisotopic (exact) mass is 1840 g/mol. The topological polar surface area (TPSA) is 206 Å². The van der Waals surface area contributed by atoms with Gasteiger partial charge in [-0.3, -0.25) is 29.7 Å². The fourth-order valence-corrected chi connectivity index (χ4v) is 10.9. The molecule has 3 radical (unpaired) electrons. The van der Waals surface area contributed by atoms with Gasteiger partial charge in [0.05, 0.1) is 0 Å². The van der Waals surface area contributed by atoms with E-state index in [1.807, 2.05) is 370 Å². The number of para-hydroxylation sites is 3. The molecule has 0 saturated carbocycles.